The third kappa shape index (κ3) is 1.66. The highest BCUT2D eigenvalue weighted by Gasteiger charge is 2.36. The smallest absolute Gasteiger partial charge is 0.145 e. The molecule has 0 atom stereocenters. The quantitative estimate of drug-likeness (QED) is 0.703. The summed E-state index contributed by atoms with van der Waals surface area (Å²) in [7, 11) is 0. The Hall–Kier alpha value is -1.26. The highest BCUT2D eigenvalue weighted by atomic mass is 16.3. The Morgan fingerprint density at radius 1 is 1.50 bits per heavy atom. The zero-order chi connectivity index (χ0) is 10.6. The van der Waals surface area contributed by atoms with E-state index in [4.69, 9.17) is 0 Å². The monoisotopic (exact) mass is 195 g/mol. The van der Waals surface area contributed by atoms with E-state index in [-0.39, 0.29) is 5.78 Å². The molecule has 0 aliphatic carbocycles. The van der Waals surface area contributed by atoms with Gasteiger partial charge in [0.25, 0.3) is 0 Å². The zero-order valence-corrected chi connectivity index (χ0v) is 7.97. The van der Waals surface area contributed by atoms with Gasteiger partial charge in [-0.1, -0.05) is 6.07 Å². The van der Waals surface area contributed by atoms with E-state index in [1.165, 1.54) is 13.1 Å². The Balaban J connectivity index is 3.18. The van der Waals surface area contributed by atoms with Crippen LogP contribution in [0.1, 0.15) is 12.5 Å². The average Bonchev–Trinajstić information content (AvgIpc) is 2.22. The minimum atomic E-state index is -1.21. The topological polar surface area (TPSA) is 70.4 Å². The molecular weight excluding hydrogens is 182 g/mol. The summed E-state index contributed by atoms with van der Waals surface area (Å²) in [4.78, 5) is 15.2. The summed E-state index contributed by atoms with van der Waals surface area (Å²) in [5, 5.41) is 18.4. The zero-order valence-electron chi connectivity index (χ0n) is 7.97. The fourth-order valence-electron chi connectivity index (χ4n) is 1.30. The van der Waals surface area contributed by atoms with E-state index in [9.17, 15) is 15.0 Å². The van der Waals surface area contributed by atoms with Gasteiger partial charge in [-0.2, -0.15) is 0 Å². The van der Waals surface area contributed by atoms with Crippen molar-refractivity contribution in [1.29, 1.82) is 0 Å². The molecule has 14 heavy (non-hydrogen) atoms. The molecule has 0 saturated carbocycles. The van der Waals surface area contributed by atoms with Gasteiger partial charge in [0, 0.05) is 12.4 Å². The molecule has 0 unspecified atom stereocenters. The lowest BCUT2D eigenvalue weighted by atomic mass is 9.79. The SMILES string of the molecule is CC(=O)C(CO)(CO)c1cccnc1. The summed E-state index contributed by atoms with van der Waals surface area (Å²) in [5.41, 5.74) is -0.675. The second-order valence-corrected chi connectivity index (χ2v) is 3.20. The van der Waals surface area contributed by atoms with Crippen molar-refractivity contribution in [2.45, 2.75) is 12.3 Å². The van der Waals surface area contributed by atoms with Crippen molar-refractivity contribution < 1.29 is 15.0 Å². The van der Waals surface area contributed by atoms with E-state index in [1.54, 1.807) is 18.3 Å². The van der Waals surface area contributed by atoms with Crippen LogP contribution in [0.15, 0.2) is 24.5 Å². The van der Waals surface area contributed by atoms with Crippen molar-refractivity contribution >= 4 is 5.78 Å². The molecule has 0 fully saturated rings. The molecule has 0 bridgehead atoms. The second kappa shape index (κ2) is 4.30. The van der Waals surface area contributed by atoms with Crippen LogP contribution in [0.5, 0.6) is 0 Å². The van der Waals surface area contributed by atoms with Crippen molar-refractivity contribution in [2.75, 3.05) is 13.2 Å². The number of pyridine rings is 1. The van der Waals surface area contributed by atoms with Crippen molar-refractivity contribution in [3.63, 3.8) is 0 Å². The van der Waals surface area contributed by atoms with Crippen molar-refractivity contribution in [2.24, 2.45) is 0 Å². The van der Waals surface area contributed by atoms with Crippen LogP contribution in [0.3, 0.4) is 0 Å². The number of aromatic nitrogens is 1. The lowest BCUT2D eigenvalue weighted by molar-refractivity contribution is -0.125. The summed E-state index contributed by atoms with van der Waals surface area (Å²) in [6, 6.07) is 3.33. The number of hydrogen-bond acceptors (Lipinski definition) is 4. The Bertz CT molecular complexity index is 306. The number of nitrogens with zero attached hydrogens (tertiary/aromatic N) is 1. The first-order valence-corrected chi connectivity index (χ1v) is 4.30. The van der Waals surface area contributed by atoms with Gasteiger partial charge < -0.3 is 10.2 Å². The molecule has 4 heteroatoms. The summed E-state index contributed by atoms with van der Waals surface area (Å²) in [6.07, 6.45) is 3.05. The Labute approximate surface area is 82.2 Å². The third-order valence-corrected chi connectivity index (χ3v) is 2.43. The number of ketones is 1. The van der Waals surface area contributed by atoms with Gasteiger partial charge in [0.15, 0.2) is 0 Å². The molecule has 1 heterocycles. The van der Waals surface area contributed by atoms with Crippen LogP contribution in [0.4, 0.5) is 0 Å². The Morgan fingerprint density at radius 2 is 2.14 bits per heavy atom. The standard InChI is InChI=1S/C10H13NO3/c1-8(14)10(6-12,7-13)9-3-2-4-11-5-9/h2-5,12-13H,6-7H2,1H3. The Morgan fingerprint density at radius 3 is 2.50 bits per heavy atom. The van der Waals surface area contributed by atoms with Gasteiger partial charge in [-0.3, -0.25) is 9.78 Å². The highest BCUT2D eigenvalue weighted by Crippen LogP contribution is 2.23. The van der Waals surface area contributed by atoms with Gasteiger partial charge in [-0.25, -0.2) is 0 Å². The largest absolute Gasteiger partial charge is 0.395 e. The first-order chi connectivity index (χ1) is 6.67. The van der Waals surface area contributed by atoms with E-state index in [0.29, 0.717) is 5.56 Å². The summed E-state index contributed by atoms with van der Waals surface area (Å²) in [5.74, 6) is -0.268. The lowest BCUT2D eigenvalue weighted by Crippen LogP contribution is -2.41. The van der Waals surface area contributed by atoms with Crippen molar-refractivity contribution in [3.8, 4) is 0 Å². The number of hydrogen-bond donors (Lipinski definition) is 2. The van der Waals surface area contributed by atoms with E-state index < -0.39 is 18.6 Å². The van der Waals surface area contributed by atoms with Gasteiger partial charge >= 0.3 is 0 Å². The van der Waals surface area contributed by atoms with E-state index in [2.05, 4.69) is 4.98 Å². The maximum Gasteiger partial charge on any atom is 0.145 e. The summed E-state index contributed by atoms with van der Waals surface area (Å²) in [6.45, 7) is 0.522. The molecule has 76 valence electrons. The minimum absolute atomic E-state index is 0.268. The van der Waals surface area contributed by atoms with Crippen LogP contribution in [0, 0.1) is 0 Å². The molecule has 0 aromatic carbocycles. The first-order valence-electron chi connectivity index (χ1n) is 4.30. The maximum absolute atomic E-state index is 11.4. The van der Waals surface area contributed by atoms with Crippen molar-refractivity contribution in [3.05, 3.63) is 30.1 Å². The van der Waals surface area contributed by atoms with Crippen LogP contribution in [0.25, 0.3) is 0 Å². The summed E-state index contributed by atoms with van der Waals surface area (Å²) < 4.78 is 0. The maximum atomic E-state index is 11.4. The van der Waals surface area contributed by atoms with E-state index >= 15 is 0 Å². The number of rotatable bonds is 4. The number of aliphatic hydroxyl groups excluding tert-OH is 2. The fourth-order valence-corrected chi connectivity index (χ4v) is 1.30. The van der Waals surface area contributed by atoms with E-state index in [0.717, 1.165) is 0 Å². The molecule has 0 spiro atoms. The number of carbonyl (C=O) groups is 1. The molecule has 0 radical (unpaired) electrons. The molecular formula is C10H13NO3. The van der Waals surface area contributed by atoms with Crippen LogP contribution >= 0.6 is 0 Å². The van der Waals surface area contributed by atoms with Gasteiger partial charge in [0.05, 0.1) is 13.2 Å². The van der Waals surface area contributed by atoms with Gasteiger partial charge in [0.1, 0.15) is 11.2 Å². The molecule has 1 rings (SSSR count). The third-order valence-electron chi connectivity index (χ3n) is 2.43. The fraction of sp³-hybridized carbons (Fsp3) is 0.400. The van der Waals surface area contributed by atoms with Crippen LogP contribution in [0.2, 0.25) is 0 Å². The molecule has 4 nitrogen and oxygen atoms in total. The van der Waals surface area contributed by atoms with Crippen LogP contribution in [-0.2, 0) is 10.2 Å². The van der Waals surface area contributed by atoms with Crippen molar-refractivity contribution in [1.82, 2.24) is 4.98 Å². The average molecular weight is 195 g/mol. The predicted octanol–water partition coefficient (Wildman–Crippen LogP) is -0.107. The van der Waals surface area contributed by atoms with Crippen LogP contribution < -0.4 is 0 Å². The number of aliphatic hydroxyl groups is 2. The lowest BCUT2D eigenvalue weighted by Gasteiger charge is -2.26. The molecule has 1 aromatic heterocycles. The first kappa shape index (κ1) is 10.8. The van der Waals surface area contributed by atoms with Crippen LogP contribution in [-0.4, -0.2) is 34.2 Å². The number of Topliss-reactive ketones (excluding diaryl/α,β-unsaturated/α-hetero) is 1. The molecule has 1 aromatic rings. The normalized spacial score (nSPS) is 11.4. The minimum Gasteiger partial charge on any atom is -0.395 e. The second-order valence-electron chi connectivity index (χ2n) is 3.20. The molecule has 0 aliphatic heterocycles. The predicted molar refractivity (Wildman–Crippen MR) is 50.8 cm³/mol. The van der Waals surface area contributed by atoms with Gasteiger partial charge in [0.2, 0.25) is 0 Å². The van der Waals surface area contributed by atoms with Gasteiger partial charge in [-0.05, 0) is 18.6 Å². The molecule has 2 N–H and O–H groups in total. The summed E-state index contributed by atoms with van der Waals surface area (Å²) >= 11 is 0. The molecule has 0 aliphatic rings. The van der Waals surface area contributed by atoms with Gasteiger partial charge in [-0.15, -0.1) is 0 Å². The number of carbonyl (C=O) groups excluding carboxylic acids is 1. The van der Waals surface area contributed by atoms with E-state index in [1.807, 2.05) is 0 Å². The molecule has 0 amide bonds. The Kier molecular flexibility index (Phi) is 3.33. The highest BCUT2D eigenvalue weighted by molar-refractivity contribution is 5.88. The molecule has 0 saturated heterocycles.